The highest BCUT2D eigenvalue weighted by molar-refractivity contribution is 6.07. The highest BCUT2D eigenvalue weighted by atomic mass is 16.3. The van der Waals surface area contributed by atoms with Crippen LogP contribution in [-0.4, -0.2) is 43.6 Å². The number of hydrogen-bond donors (Lipinski definition) is 4. The largest absolute Gasteiger partial charge is 0.396 e. The minimum atomic E-state index is -1.76. The third kappa shape index (κ3) is 4.75. The number of aliphatic hydroxyl groups excluding tert-OH is 1. The van der Waals surface area contributed by atoms with Gasteiger partial charge in [0.15, 0.2) is 5.60 Å². The summed E-state index contributed by atoms with van der Waals surface area (Å²) >= 11 is 0. The molecule has 0 saturated carbocycles. The predicted octanol–water partition coefficient (Wildman–Crippen LogP) is 2.49. The lowest BCUT2D eigenvalue weighted by atomic mass is 9.82. The molecule has 9 nitrogen and oxygen atoms in total. The number of benzene rings is 2. The van der Waals surface area contributed by atoms with E-state index < -0.39 is 17.4 Å². The fourth-order valence-electron chi connectivity index (χ4n) is 3.95. The van der Waals surface area contributed by atoms with Gasteiger partial charge in [0.1, 0.15) is 0 Å². The summed E-state index contributed by atoms with van der Waals surface area (Å²) in [5, 5.41) is 33.9. The van der Waals surface area contributed by atoms with Crippen LogP contribution in [0, 0.1) is 5.92 Å². The molecule has 1 aliphatic heterocycles. The molecule has 2 atom stereocenters. The lowest BCUT2D eigenvalue weighted by Gasteiger charge is -2.26. The Morgan fingerprint density at radius 3 is 2.82 bits per heavy atom. The molecule has 0 bridgehead atoms. The lowest BCUT2D eigenvalue weighted by Crippen LogP contribution is -2.39. The van der Waals surface area contributed by atoms with Crippen molar-refractivity contribution in [3.63, 3.8) is 0 Å². The summed E-state index contributed by atoms with van der Waals surface area (Å²) in [6.45, 7) is 2.38. The van der Waals surface area contributed by atoms with E-state index in [2.05, 4.69) is 20.9 Å². The molecule has 1 aromatic heterocycles. The van der Waals surface area contributed by atoms with Crippen LogP contribution in [-0.2, 0) is 23.4 Å². The molecule has 0 radical (unpaired) electrons. The zero-order valence-corrected chi connectivity index (χ0v) is 18.8. The average molecular weight is 462 g/mol. The maximum Gasteiger partial charge on any atom is 0.261 e. The minimum absolute atomic E-state index is 0.0237. The zero-order valence-electron chi connectivity index (χ0n) is 18.8. The van der Waals surface area contributed by atoms with Crippen LogP contribution in [0.5, 0.6) is 0 Å². The normalized spacial score (nSPS) is 18.0. The Labute approximate surface area is 197 Å². The van der Waals surface area contributed by atoms with Crippen molar-refractivity contribution in [3.8, 4) is 0 Å². The van der Waals surface area contributed by atoms with Crippen molar-refractivity contribution in [2.24, 2.45) is 5.92 Å². The number of rotatable bonds is 9. The number of carbonyl (C=O) groups excluding carboxylic acids is 2. The van der Waals surface area contributed by atoms with Crippen molar-refractivity contribution in [2.75, 3.05) is 17.2 Å². The average Bonchev–Trinajstić information content (AvgIpc) is 3.39. The van der Waals surface area contributed by atoms with E-state index in [0.29, 0.717) is 41.9 Å². The maximum absolute atomic E-state index is 12.7. The second-order valence-corrected chi connectivity index (χ2v) is 8.25. The van der Waals surface area contributed by atoms with Gasteiger partial charge in [-0.1, -0.05) is 42.5 Å². The minimum Gasteiger partial charge on any atom is -0.396 e. The first-order valence-electron chi connectivity index (χ1n) is 11.1. The van der Waals surface area contributed by atoms with Gasteiger partial charge in [-0.15, -0.1) is 5.10 Å². The molecule has 3 aromatic rings. The number of amides is 2. The third-order valence-electron chi connectivity index (χ3n) is 5.88. The smallest absolute Gasteiger partial charge is 0.261 e. The van der Waals surface area contributed by atoms with Crippen LogP contribution in [0.1, 0.15) is 35.0 Å². The van der Waals surface area contributed by atoms with E-state index >= 15 is 0 Å². The van der Waals surface area contributed by atoms with Gasteiger partial charge in [-0.05, 0) is 36.8 Å². The van der Waals surface area contributed by atoms with Gasteiger partial charge in [0.05, 0.1) is 5.69 Å². The zero-order chi connectivity index (χ0) is 24.1. The molecule has 4 rings (SSSR count). The standard InChI is InChI=1S/C25H27N5O4/c1-17(7-5-6-13-30-16-20(12-14-31)28-29-30)25(34)21-15-19(10-11-22(21)27-24(25)33)26-23(32)18-8-3-2-4-9-18/h2-5,7-11,15-17,31,34H,6,12-14H2,1H3,(H,26,32)(H,27,33)/b7-5+/t17-,25+/m1/s1. The van der Waals surface area contributed by atoms with Gasteiger partial charge in [-0.25, -0.2) is 0 Å². The number of hydrogen-bond acceptors (Lipinski definition) is 6. The third-order valence-corrected chi connectivity index (χ3v) is 5.88. The number of nitrogens with one attached hydrogen (secondary N) is 2. The number of fused-ring (bicyclic) bond motifs is 1. The van der Waals surface area contributed by atoms with Crippen LogP contribution in [0.3, 0.4) is 0 Å². The molecular weight excluding hydrogens is 434 g/mol. The first-order chi connectivity index (χ1) is 16.4. The van der Waals surface area contributed by atoms with Gasteiger partial charge < -0.3 is 20.8 Å². The van der Waals surface area contributed by atoms with E-state index in [0.717, 1.165) is 5.69 Å². The number of nitrogens with zero attached hydrogens (tertiary/aromatic N) is 3. The van der Waals surface area contributed by atoms with Gasteiger partial charge >= 0.3 is 0 Å². The van der Waals surface area contributed by atoms with E-state index in [1.807, 2.05) is 12.1 Å². The Bertz CT molecular complexity index is 1210. The topological polar surface area (TPSA) is 129 Å². The molecule has 34 heavy (non-hydrogen) atoms. The van der Waals surface area contributed by atoms with Crippen LogP contribution in [0.2, 0.25) is 0 Å². The molecule has 4 N–H and O–H groups in total. The van der Waals surface area contributed by atoms with Crippen molar-refractivity contribution in [3.05, 3.63) is 83.7 Å². The Hall–Kier alpha value is -3.82. The van der Waals surface area contributed by atoms with Gasteiger partial charge in [-0.2, -0.15) is 0 Å². The molecule has 0 spiro atoms. The summed E-state index contributed by atoms with van der Waals surface area (Å²) in [5.74, 6) is -1.30. The quantitative estimate of drug-likeness (QED) is 0.362. The van der Waals surface area contributed by atoms with Crippen molar-refractivity contribution < 1.29 is 19.8 Å². The molecule has 176 valence electrons. The SMILES string of the molecule is C[C@H](/C=C/CCn1cc(CCO)nn1)[C@@]1(O)C(=O)Nc2ccc(NC(=O)c3ccccc3)cc21. The molecule has 1 aliphatic rings. The highest BCUT2D eigenvalue weighted by Crippen LogP contribution is 2.42. The Morgan fingerprint density at radius 2 is 2.06 bits per heavy atom. The van der Waals surface area contributed by atoms with Crippen molar-refractivity contribution in [1.29, 1.82) is 0 Å². The first-order valence-corrected chi connectivity index (χ1v) is 11.1. The fraction of sp³-hybridized carbons (Fsp3) is 0.280. The monoisotopic (exact) mass is 461 g/mol. The van der Waals surface area contributed by atoms with Crippen molar-refractivity contribution in [1.82, 2.24) is 15.0 Å². The van der Waals surface area contributed by atoms with Gasteiger partial charge in [0.25, 0.3) is 11.8 Å². The van der Waals surface area contributed by atoms with E-state index in [4.69, 9.17) is 5.11 Å². The van der Waals surface area contributed by atoms with E-state index in [1.54, 1.807) is 66.3 Å². The fourth-order valence-corrected chi connectivity index (χ4v) is 3.95. The van der Waals surface area contributed by atoms with Crippen LogP contribution < -0.4 is 10.6 Å². The number of aryl methyl sites for hydroxylation is 1. The molecule has 0 saturated heterocycles. The van der Waals surface area contributed by atoms with E-state index in [9.17, 15) is 14.7 Å². The molecule has 2 amide bonds. The van der Waals surface area contributed by atoms with Gasteiger partial charge in [-0.3, -0.25) is 14.3 Å². The van der Waals surface area contributed by atoms with E-state index in [-0.39, 0.29) is 12.5 Å². The number of aromatic nitrogens is 3. The lowest BCUT2D eigenvalue weighted by molar-refractivity contribution is -0.137. The number of allylic oxidation sites excluding steroid dienone is 1. The molecule has 9 heteroatoms. The maximum atomic E-state index is 12.7. The van der Waals surface area contributed by atoms with Crippen LogP contribution >= 0.6 is 0 Å². The van der Waals surface area contributed by atoms with Crippen molar-refractivity contribution >= 4 is 23.2 Å². The second kappa shape index (κ2) is 9.98. The molecular formula is C25H27N5O4. The van der Waals surface area contributed by atoms with Crippen LogP contribution in [0.15, 0.2) is 66.9 Å². The van der Waals surface area contributed by atoms with E-state index in [1.165, 1.54) is 0 Å². The molecule has 0 aliphatic carbocycles. The molecule has 2 aromatic carbocycles. The van der Waals surface area contributed by atoms with Gasteiger partial charge in [0.2, 0.25) is 0 Å². The van der Waals surface area contributed by atoms with Crippen LogP contribution in [0.4, 0.5) is 11.4 Å². The summed E-state index contributed by atoms with van der Waals surface area (Å²) in [4.78, 5) is 25.3. The van der Waals surface area contributed by atoms with Gasteiger partial charge in [0, 0.05) is 54.2 Å². The summed E-state index contributed by atoms with van der Waals surface area (Å²) in [6, 6.07) is 13.8. The Kier molecular flexibility index (Phi) is 6.85. The molecule has 0 unspecified atom stereocenters. The first kappa shape index (κ1) is 23.3. The number of anilines is 2. The number of carbonyl (C=O) groups is 2. The molecule has 2 heterocycles. The predicted molar refractivity (Wildman–Crippen MR) is 127 cm³/mol. The summed E-state index contributed by atoms with van der Waals surface area (Å²) in [5.41, 5.74) is 0.905. The summed E-state index contributed by atoms with van der Waals surface area (Å²) in [7, 11) is 0. The Balaban J connectivity index is 1.45. The van der Waals surface area contributed by atoms with Crippen LogP contribution in [0.25, 0.3) is 0 Å². The number of aliphatic hydroxyl groups is 2. The second-order valence-electron chi connectivity index (χ2n) is 8.25. The molecule has 0 fully saturated rings. The summed E-state index contributed by atoms with van der Waals surface area (Å²) in [6.07, 6.45) is 6.57. The summed E-state index contributed by atoms with van der Waals surface area (Å²) < 4.78 is 1.69. The van der Waals surface area contributed by atoms with Crippen molar-refractivity contribution in [2.45, 2.75) is 31.9 Å². The Morgan fingerprint density at radius 1 is 1.26 bits per heavy atom. The highest BCUT2D eigenvalue weighted by Gasteiger charge is 2.48.